The maximum atomic E-state index is 15.0. The van der Waals surface area contributed by atoms with E-state index < -0.39 is 34.5 Å². The molecule has 3 aromatic rings. The number of alkyl halides is 3. The molecule has 1 saturated heterocycles. The third-order valence-electron chi connectivity index (χ3n) is 6.69. The highest BCUT2D eigenvalue weighted by Crippen LogP contribution is 2.36. The summed E-state index contributed by atoms with van der Waals surface area (Å²) >= 11 is 6.11. The van der Waals surface area contributed by atoms with E-state index in [1.807, 2.05) is 11.8 Å². The zero-order valence-electron chi connectivity index (χ0n) is 22.8. The Kier molecular flexibility index (Phi) is 9.86. The number of nitrogens with one attached hydrogen (secondary N) is 3. The van der Waals surface area contributed by atoms with Crippen LogP contribution in [0.2, 0.25) is 5.02 Å². The number of carbonyl (C=O) groups is 2. The summed E-state index contributed by atoms with van der Waals surface area (Å²) in [5.74, 6) is -1.42. The molecule has 0 bridgehead atoms. The lowest BCUT2D eigenvalue weighted by atomic mass is 10.0. The molecule has 4 rings (SSSR count). The van der Waals surface area contributed by atoms with E-state index in [1.54, 1.807) is 0 Å². The highest BCUT2D eigenvalue weighted by molar-refractivity contribution is 6.32. The number of pyridine rings is 1. The van der Waals surface area contributed by atoms with Crippen LogP contribution in [0.15, 0.2) is 48.7 Å². The Bertz CT molecular complexity index is 1450. The molecule has 9 nitrogen and oxygen atoms in total. The molecule has 1 aliphatic rings. The fourth-order valence-corrected chi connectivity index (χ4v) is 4.61. The molecule has 3 N–H and O–H groups in total. The van der Waals surface area contributed by atoms with Gasteiger partial charge in [0.1, 0.15) is 22.2 Å². The number of urea groups is 1. The van der Waals surface area contributed by atoms with Crippen molar-refractivity contribution in [3.05, 3.63) is 76.3 Å². The first-order valence-corrected chi connectivity index (χ1v) is 13.4. The minimum Gasteiger partial charge on any atom is -0.456 e. The third kappa shape index (κ3) is 7.66. The number of rotatable bonds is 8. The van der Waals surface area contributed by atoms with Gasteiger partial charge in [0.15, 0.2) is 5.82 Å². The second-order valence-electron chi connectivity index (χ2n) is 9.46. The van der Waals surface area contributed by atoms with Gasteiger partial charge in [-0.15, -0.1) is 0 Å². The van der Waals surface area contributed by atoms with E-state index in [0.29, 0.717) is 13.1 Å². The molecule has 1 aliphatic heterocycles. The summed E-state index contributed by atoms with van der Waals surface area (Å²) in [6.07, 6.45) is -3.31. The van der Waals surface area contributed by atoms with E-state index in [9.17, 15) is 27.2 Å². The largest absolute Gasteiger partial charge is 0.456 e. The first-order valence-electron chi connectivity index (χ1n) is 13.0. The zero-order valence-corrected chi connectivity index (χ0v) is 23.6. The molecule has 0 unspecified atom stereocenters. The Morgan fingerprint density at radius 1 is 1.02 bits per heavy atom. The highest BCUT2D eigenvalue weighted by Gasteiger charge is 2.34. The number of likely N-dealkylation sites (N-methyl/N-ethyl adjacent to an activating group) is 1. The van der Waals surface area contributed by atoms with Crippen molar-refractivity contribution >= 4 is 34.9 Å². The van der Waals surface area contributed by atoms with Gasteiger partial charge in [0.2, 0.25) is 0 Å². The monoisotopic (exact) mass is 608 g/mol. The van der Waals surface area contributed by atoms with Crippen molar-refractivity contribution < 1.29 is 31.9 Å². The summed E-state index contributed by atoms with van der Waals surface area (Å²) in [7, 11) is 1.44. The minimum atomic E-state index is -4.64. The number of hydrogen-bond donors (Lipinski definition) is 3. The molecular weight excluding hydrogens is 580 g/mol. The van der Waals surface area contributed by atoms with E-state index in [4.69, 9.17) is 16.3 Å². The summed E-state index contributed by atoms with van der Waals surface area (Å²) in [4.78, 5) is 32.5. The van der Waals surface area contributed by atoms with Crippen LogP contribution in [0.5, 0.6) is 11.5 Å². The second-order valence-corrected chi connectivity index (χ2v) is 9.83. The SMILES string of the molecule is CCN1CCN(Cc2ccc(NC(=O)Nc3ccc(Oc4ccnc(C(=O)NC)c4)c(Cl)c3F)cc2C(F)(F)F)CC1. The van der Waals surface area contributed by atoms with Gasteiger partial charge >= 0.3 is 12.2 Å². The maximum Gasteiger partial charge on any atom is 0.416 e. The molecule has 0 radical (unpaired) electrons. The summed E-state index contributed by atoms with van der Waals surface area (Å²) in [6, 6.07) is 7.83. The molecule has 14 heteroatoms. The van der Waals surface area contributed by atoms with E-state index in [0.717, 1.165) is 25.7 Å². The normalized spacial score (nSPS) is 14.4. The Balaban J connectivity index is 1.44. The smallest absolute Gasteiger partial charge is 0.416 e. The lowest BCUT2D eigenvalue weighted by molar-refractivity contribution is -0.138. The van der Waals surface area contributed by atoms with Crippen molar-refractivity contribution in [2.24, 2.45) is 0 Å². The van der Waals surface area contributed by atoms with E-state index in [2.05, 4.69) is 25.8 Å². The van der Waals surface area contributed by atoms with Crippen molar-refractivity contribution in [3.8, 4) is 11.5 Å². The molecule has 2 heterocycles. The Labute approximate surface area is 244 Å². The third-order valence-corrected chi connectivity index (χ3v) is 7.05. The Morgan fingerprint density at radius 2 is 1.74 bits per heavy atom. The Hall–Kier alpha value is -3.94. The number of piperazine rings is 1. The van der Waals surface area contributed by atoms with Gasteiger partial charge in [-0.25, -0.2) is 9.18 Å². The van der Waals surface area contributed by atoms with Crippen LogP contribution in [0.3, 0.4) is 0 Å². The van der Waals surface area contributed by atoms with Gasteiger partial charge in [-0.05, 0) is 42.4 Å². The predicted octanol–water partition coefficient (Wildman–Crippen LogP) is 5.83. The van der Waals surface area contributed by atoms with Crippen LogP contribution in [0.25, 0.3) is 0 Å². The van der Waals surface area contributed by atoms with Crippen LogP contribution < -0.4 is 20.7 Å². The van der Waals surface area contributed by atoms with Crippen LogP contribution in [0, 0.1) is 5.82 Å². The lowest BCUT2D eigenvalue weighted by Crippen LogP contribution is -2.45. The number of aromatic nitrogens is 1. The van der Waals surface area contributed by atoms with Crippen LogP contribution in [-0.2, 0) is 12.7 Å². The molecule has 0 spiro atoms. The number of ether oxygens (including phenoxy) is 1. The fraction of sp³-hybridized carbons (Fsp3) is 0.321. The minimum absolute atomic E-state index is 0.0677. The summed E-state index contributed by atoms with van der Waals surface area (Å²) in [6.45, 7) is 5.95. The summed E-state index contributed by atoms with van der Waals surface area (Å²) in [5.41, 5.74) is -1.13. The number of amides is 3. The van der Waals surface area contributed by atoms with Crippen molar-refractivity contribution in [3.63, 3.8) is 0 Å². The summed E-state index contributed by atoms with van der Waals surface area (Å²) in [5, 5.41) is 6.52. The summed E-state index contributed by atoms with van der Waals surface area (Å²) < 4.78 is 62.3. The zero-order chi connectivity index (χ0) is 30.4. The average Bonchev–Trinajstić information content (AvgIpc) is 2.97. The van der Waals surface area contributed by atoms with Gasteiger partial charge in [0, 0.05) is 57.7 Å². The average molecular weight is 609 g/mol. The van der Waals surface area contributed by atoms with Gasteiger partial charge in [0.25, 0.3) is 5.91 Å². The van der Waals surface area contributed by atoms with Gasteiger partial charge in [-0.3, -0.25) is 14.7 Å². The number of halogens is 5. The molecule has 0 saturated carbocycles. The maximum absolute atomic E-state index is 15.0. The number of anilines is 2. The van der Waals surface area contributed by atoms with Crippen molar-refractivity contribution in [1.82, 2.24) is 20.1 Å². The molecular formula is C28H29ClF4N6O3. The van der Waals surface area contributed by atoms with E-state index >= 15 is 0 Å². The molecule has 42 heavy (non-hydrogen) atoms. The second kappa shape index (κ2) is 13.4. The van der Waals surface area contributed by atoms with Crippen LogP contribution in [-0.4, -0.2) is 66.5 Å². The lowest BCUT2D eigenvalue weighted by Gasteiger charge is -2.34. The predicted molar refractivity (Wildman–Crippen MR) is 151 cm³/mol. The topological polar surface area (TPSA) is 98.8 Å². The van der Waals surface area contributed by atoms with Gasteiger partial charge in [0.05, 0.1) is 11.3 Å². The van der Waals surface area contributed by atoms with Crippen molar-refractivity contribution in [1.29, 1.82) is 0 Å². The van der Waals surface area contributed by atoms with E-state index in [1.165, 1.54) is 49.6 Å². The van der Waals surface area contributed by atoms with E-state index in [-0.39, 0.29) is 40.7 Å². The molecule has 1 fully saturated rings. The molecule has 3 amide bonds. The molecule has 224 valence electrons. The van der Waals surface area contributed by atoms with Crippen molar-refractivity contribution in [2.45, 2.75) is 19.6 Å². The standard InChI is InChI=1S/C28H29ClF4N6O3/c1-3-38-10-12-39(13-11-38)16-17-4-5-18(14-20(17)28(31,32)33)36-27(41)37-21-6-7-23(24(29)25(21)30)42-19-8-9-35-22(15-19)26(40)34-2/h4-9,14-15H,3,10-13,16H2,1-2H3,(H,34,40)(H2,36,37,41). The van der Waals surface area contributed by atoms with Gasteiger partial charge < -0.3 is 25.6 Å². The number of nitrogens with zero attached hydrogens (tertiary/aromatic N) is 3. The number of benzene rings is 2. The fourth-order valence-electron chi connectivity index (χ4n) is 4.41. The molecule has 1 aromatic heterocycles. The van der Waals surface area contributed by atoms with Crippen LogP contribution in [0.4, 0.5) is 33.7 Å². The van der Waals surface area contributed by atoms with Crippen molar-refractivity contribution in [2.75, 3.05) is 50.4 Å². The first kappa shape index (κ1) is 31.0. The highest BCUT2D eigenvalue weighted by atomic mass is 35.5. The number of hydrogen-bond acceptors (Lipinski definition) is 6. The first-order chi connectivity index (χ1) is 20.0. The van der Waals surface area contributed by atoms with Gasteiger partial charge in [-0.1, -0.05) is 24.6 Å². The molecule has 0 aliphatic carbocycles. The number of carbonyl (C=O) groups excluding carboxylic acids is 2. The van der Waals surface area contributed by atoms with Gasteiger partial charge in [-0.2, -0.15) is 13.2 Å². The van der Waals surface area contributed by atoms with Crippen LogP contribution >= 0.6 is 11.6 Å². The molecule has 2 aromatic carbocycles. The quantitative estimate of drug-likeness (QED) is 0.279. The molecule has 0 atom stereocenters. The Morgan fingerprint density at radius 3 is 2.40 bits per heavy atom. The van der Waals surface area contributed by atoms with Crippen LogP contribution in [0.1, 0.15) is 28.5 Å².